The molecule has 0 radical (unpaired) electrons. The highest BCUT2D eigenvalue weighted by molar-refractivity contribution is 9.09. The zero-order valence-electron chi connectivity index (χ0n) is 10.9. The van der Waals surface area contributed by atoms with Gasteiger partial charge in [-0.1, -0.05) is 36.7 Å². The van der Waals surface area contributed by atoms with Crippen molar-refractivity contribution in [1.82, 2.24) is 19.6 Å². The predicted octanol–water partition coefficient (Wildman–Crippen LogP) is 2.25. The van der Waals surface area contributed by atoms with Crippen molar-refractivity contribution in [3.05, 3.63) is 28.1 Å². The molecule has 18 heavy (non-hydrogen) atoms. The molecule has 2 rings (SSSR count). The molecule has 5 nitrogen and oxygen atoms in total. The maximum Gasteiger partial charge on any atom is 0.349 e. The minimum atomic E-state index is -0.241. The van der Waals surface area contributed by atoms with Gasteiger partial charge in [-0.05, 0) is 12.8 Å². The van der Waals surface area contributed by atoms with E-state index in [-0.39, 0.29) is 5.69 Å². The van der Waals surface area contributed by atoms with Gasteiger partial charge in [-0.15, -0.1) is 0 Å². The SMILES string of the molecule is Cc1nc(C(C(C)C)C(C)Br)cc2n[nH]c(=O)n12. The highest BCUT2D eigenvalue weighted by atomic mass is 79.9. The molecular formula is C12H17BrN4O. The maximum atomic E-state index is 11.5. The molecule has 2 unspecified atom stereocenters. The molecular weight excluding hydrogens is 296 g/mol. The van der Waals surface area contributed by atoms with Crippen molar-refractivity contribution < 1.29 is 0 Å². The average Bonchev–Trinajstić information content (AvgIpc) is 2.59. The van der Waals surface area contributed by atoms with Crippen LogP contribution in [0, 0.1) is 12.8 Å². The fourth-order valence-electron chi connectivity index (χ4n) is 2.40. The molecule has 0 aliphatic rings. The van der Waals surface area contributed by atoms with E-state index >= 15 is 0 Å². The Morgan fingerprint density at radius 3 is 2.61 bits per heavy atom. The van der Waals surface area contributed by atoms with Gasteiger partial charge in [0.2, 0.25) is 0 Å². The average molecular weight is 313 g/mol. The summed E-state index contributed by atoms with van der Waals surface area (Å²) in [6.07, 6.45) is 0. The number of aryl methyl sites for hydroxylation is 1. The number of rotatable bonds is 3. The number of hydrogen-bond acceptors (Lipinski definition) is 3. The van der Waals surface area contributed by atoms with Crippen LogP contribution in [0.3, 0.4) is 0 Å². The molecule has 0 spiro atoms. The van der Waals surface area contributed by atoms with Gasteiger partial charge in [0.25, 0.3) is 0 Å². The minimum Gasteiger partial charge on any atom is -0.246 e. The first-order valence-electron chi connectivity index (χ1n) is 6.00. The molecule has 98 valence electrons. The first-order chi connectivity index (χ1) is 8.41. The molecule has 2 aromatic heterocycles. The predicted molar refractivity (Wildman–Crippen MR) is 74.3 cm³/mol. The largest absolute Gasteiger partial charge is 0.349 e. The van der Waals surface area contributed by atoms with E-state index in [2.05, 4.69) is 51.9 Å². The van der Waals surface area contributed by atoms with E-state index in [4.69, 9.17) is 0 Å². The van der Waals surface area contributed by atoms with Gasteiger partial charge in [0.15, 0.2) is 5.65 Å². The Morgan fingerprint density at radius 1 is 1.39 bits per heavy atom. The van der Waals surface area contributed by atoms with Crippen molar-refractivity contribution in [2.24, 2.45) is 5.92 Å². The van der Waals surface area contributed by atoms with E-state index in [1.165, 1.54) is 4.40 Å². The van der Waals surface area contributed by atoms with Gasteiger partial charge in [-0.3, -0.25) is 0 Å². The lowest BCUT2D eigenvalue weighted by molar-refractivity contribution is 0.486. The number of alkyl halides is 1. The lowest BCUT2D eigenvalue weighted by Crippen LogP contribution is -2.20. The quantitative estimate of drug-likeness (QED) is 0.884. The van der Waals surface area contributed by atoms with Gasteiger partial charge in [0.1, 0.15) is 5.82 Å². The Morgan fingerprint density at radius 2 is 2.06 bits per heavy atom. The second-order valence-electron chi connectivity index (χ2n) is 4.90. The lowest BCUT2D eigenvalue weighted by atomic mass is 9.90. The third kappa shape index (κ3) is 2.21. The molecule has 0 fully saturated rings. The summed E-state index contributed by atoms with van der Waals surface area (Å²) in [6.45, 7) is 8.27. The molecule has 0 aliphatic heterocycles. The topological polar surface area (TPSA) is 63.0 Å². The molecule has 0 saturated carbocycles. The number of nitrogens with one attached hydrogen (secondary N) is 1. The Balaban J connectivity index is 2.62. The van der Waals surface area contributed by atoms with Crippen molar-refractivity contribution in [2.45, 2.75) is 38.4 Å². The first-order valence-corrected chi connectivity index (χ1v) is 6.92. The molecule has 2 heterocycles. The monoisotopic (exact) mass is 312 g/mol. The Hall–Kier alpha value is -1.17. The number of fused-ring (bicyclic) bond motifs is 1. The van der Waals surface area contributed by atoms with Gasteiger partial charge < -0.3 is 0 Å². The molecule has 2 atom stereocenters. The number of halogens is 1. The van der Waals surface area contributed by atoms with Crippen molar-refractivity contribution >= 4 is 21.6 Å². The summed E-state index contributed by atoms with van der Waals surface area (Å²) in [5.41, 5.74) is 1.36. The zero-order chi connectivity index (χ0) is 13.4. The molecule has 0 aromatic carbocycles. The molecule has 2 aromatic rings. The summed E-state index contributed by atoms with van der Waals surface area (Å²) in [4.78, 5) is 16.4. The second kappa shape index (κ2) is 4.84. The van der Waals surface area contributed by atoms with Crippen LogP contribution in [0.25, 0.3) is 5.65 Å². The first kappa shape index (κ1) is 13.3. The van der Waals surface area contributed by atoms with Crippen LogP contribution >= 0.6 is 15.9 Å². The lowest BCUT2D eigenvalue weighted by Gasteiger charge is -2.23. The summed E-state index contributed by atoms with van der Waals surface area (Å²) in [6, 6.07) is 1.88. The number of aromatic nitrogens is 4. The van der Waals surface area contributed by atoms with Crippen LogP contribution in [-0.2, 0) is 0 Å². The number of nitrogens with zero attached hydrogens (tertiary/aromatic N) is 3. The molecule has 0 bridgehead atoms. The molecule has 1 N–H and O–H groups in total. The third-order valence-corrected chi connectivity index (χ3v) is 3.71. The summed E-state index contributed by atoms with van der Waals surface area (Å²) in [7, 11) is 0. The fourth-order valence-corrected chi connectivity index (χ4v) is 3.28. The minimum absolute atomic E-state index is 0.241. The van der Waals surface area contributed by atoms with Gasteiger partial charge >= 0.3 is 5.69 Å². The number of aromatic amines is 1. The van der Waals surface area contributed by atoms with E-state index in [1.807, 2.05) is 13.0 Å². The van der Waals surface area contributed by atoms with Crippen LogP contribution < -0.4 is 5.69 Å². The van der Waals surface area contributed by atoms with Gasteiger partial charge in [0.05, 0.1) is 5.69 Å². The van der Waals surface area contributed by atoms with E-state index in [0.29, 0.717) is 28.1 Å². The zero-order valence-corrected chi connectivity index (χ0v) is 12.5. The van der Waals surface area contributed by atoms with Crippen molar-refractivity contribution in [2.75, 3.05) is 0 Å². The third-order valence-electron chi connectivity index (χ3n) is 3.14. The van der Waals surface area contributed by atoms with Crippen LogP contribution in [0.15, 0.2) is 10.9 Å². The normalized spacial score (nSPS) is 15.2. The van der Waals surface area contributed by atoms with Crippen molar-refractivity contribution in [3.8, 4) is 0 Å². The molecule has 0 aliphatic carbocycles. The van der Waals surface area contributed by atoms with Crippen molar-refractivity contribution in [3.63, 3.8) is 0 Å². The van der Waals surface area contributed by atoms with Crippen LogP contribution in [0.4, 0.5) is 0 Å². The maximum absolute atomic E-state index is 11.5. The molecule has 6 heteroatoms. The summed E-state index contributed by atoms with van der Waals surface area (Å²) < 4.78 is 1.49. The number of hydrogen-bond donors (Lipinski definition) is 1. The smallest absolute Gasteiger partial charge is 0.246 e. The van der Waals surface area contributed by atoms with Crippen molar-refractivity contribution in [1.29, 1.82) is 0 Å². The summed E-state index contributed by atoms with van der Waals surface area (Å²) in [5, 5.41) is 6.46. The summed E-state index contributed by atoms with van der Waals surface area (Å²) in [5.74, 6) is 1.42. The van der Waals surface area contributed by atoms with E-state index < -0.39 is 0 Å². The summed E-state index contributed by atoms with van der Waals surface area (Å²) >= 11 is 3.64. The van der Waals surface area contributed by atoms with Crippen LogP contribution in [0.5, 0.6) is 0 Å². The standard InChI is InChI=1S/C12H17BrN4O/c1-6(2)11(7(3)13)9-5-10-15-16-12(18)17(10)8(4)14-9/h5-7,11H,1-4H3,(H,16,18). The van der Waals surface area contributed by atoms with Gasteiger partial charge in [0, 0.05) is 16.8 Å². The Kier molecular flexibility index (Phi) is 3.56. The van der Waals surface area contributed by atoms with E-state index in [1.54, 1.807) is 0 Å². The Bertz CT molecular complexity index is 606. The van der Waals surface area contributed by atoms with Crippen LogP contribution in [0.2, 0.25) is 0 Å². The van der Waals surface area contributed by atoms with E-state index in [0.717, 1.165) is 5.69 Å². The molecule has 0 saturated heterocycles. The van der Waals surface area contributed by atoms with Gasteiger partial charge in [-0.25, -0.2) is 19.3 Å². The fraction of sp³-hybridized carbons (Fsp3) is 0.583. The van der Waals surface area contributed by atoms with Crippen LogP contribution in [-0.4, -0.2) is 24.4 Å². The van der Waals surface area contributed by atoms with Gasteiger partial charge in [-0.2, -0.15) is 5.10 Å². The second-order valence-corrected chi connectivity index (χ2v) is 6.34. The van der Waals surface area contributed by atoms with E-state index in [9.17, 15) is 4.79 Å². The Labute approximate surface area is 114 Å². The molecule has 0 amide bonds. The highest BCUT2D eigenvalue weighted by Crippen LogP contribution is 2.31. The number of H-pyrrole nitrogens is 1. The van der Waals surface area contributed by atoms with Crippen LogP contribution in [0.1, 0.15) is 38.2 Å². The highest BCUT2D eigenvalue weighted by Gasteiger charge is 2.23.